The van der Waals surface area contributed by atoms with E-state index in [0.717, 1.165) is 0 Å². The van der Waals surface area contributed by atoms with Crippen LogP contribution in [0.25, 0.3) is 0 Å². The normalized spacial score (nSPS) is 12.2. The predicted molar refractivity (Wildman–Crippen MR) is 70.0 cm³/mol. The highest BCUT2D eigenvalue weighted by atomic mass is 35.5. The minimum Gasteiger partial charge on any atom is -0.380 e. The van der Waals surface area contributed by atoms with Crippen molar-refractivity contribution in [2.45, 2.75) is 6.10 Å². The van der Waals surface area contributed by atoms with Crippen molar-refractivity contribution >= 4 is 29.0 Å². The summed E-state index contributed by atoms with van der Waals surface area (Å²) < 4.78 is 0. The lowest BCUT2D eigenvalue weighted by molar-refractivity contribution is 0.0747. The molecule has 0 bridgehead atoms. The van der Waals surface area contributed by atoms with Crippen LogP contribution in [0.4, 0.5) is 0 Å². The van der Waals surface area contributed by atoms with E-state index >= 15 is 0 Å². The van der Waals surface area contributed by atoms with E-state index in [2.05, 4.69) is 4.98 Å². The first-order valence-electron chi connectivity index (χ1n) is 5.17. The molecule has 92 valence electrons. The van der Waals surface area contributed by atoms with E-state index in [9.17, 15) is 9.90 Å². The molecule has 2 rings (SSSR count). The molecule has 2 aromatic rings. The van der Waals surface area contributed by atoms with Gasteiger partial charge in [0.25, 0.3) is 0 Å². The molecule has 0 spiro atoms. The quantitative estimate of drug-likeness (QED) is 0.879. The van der Waals surface area contributed by atoms with E-state index < -0.39 is 11.9 Å². The van der Waals surface area contributed by atoms with Crippen molar-refractivity contribution in [3.63, 3.8) is 0 Å². The van der Waals surface area contributed by atoms with Crippen LogP contribution < -0.4 is 0 Å². The van der Waals surface area contributed by atoms with Crippen LogP contribution in [0.2, 0.25) is 10.0 Å². The molecule has 0 saturated carbocycles. The molecule has 0 fully saturated rings. The second-order valence-electron chi connectivity index (χ2n) is 3.68. The number of benzene rings is 1. The Kier molecular flexibility index (Phi) is 3.97. The van der Waals surface area contributed by atoms with Crippen LogP contribution in [0, 0.1) is 0 Å². The van der Waals surface area contributed by atoms with Gasteiger partial charge in [-0.3, -0.25) is 9.78 Å². The van der Waals surface area contributed by atoms with Crippen molar-refractivity contribution < 1.29 is 9.90 Å². The number of aliphatic hydroxyl groups excluding tert-OH is 1. The Morgan fingerprint density at radius 2 is 2.06 bits per heavy atom. The first-order chi connectivity index (χ1) is 8.59. The number of hydrogen-bond acceptors (Lipinski definition) is 3. The van der Waals surface area contributed by atoms with Gasteiger partial charge >= 0.3 is 0 Å². The number of carbonyl (C=O) groups is 1. The fraction of sp³-hybridized carbons (Fsp3) is 0.0769. The Balaban J connectivity index is 2.32. The van der Waals surface area contributed by atoms with Gasteiger partial charge in [0.05, 0.1) is 5.02 Å². The van der Waals surface area contributed by atoms with E-state index in [0.29, 0.717) is 10.6 Å². The van der Waals surface area contributed by atoms with Crippen LogP contribution in [0.1, 0.15) is 22.0 Å². The number of Topliss-reactive ketones (excluding diaryl/α,β-unsaturated/α-hetero) is 1. The zero-order valence-corrected chi connectivity index (χ0v) is 10.7. The summed E-state index contributed by atoms with van der Waals surface area (Å²) in [6, 6.07) is 7.78. The van der Waals surface area contributed by atoms with Crippen LogP contribution >= 0.6 is 23.2 Å². The summed E-state index contributed by atoms with van der Waals surface area (Å²) in [6.45, 7) is 0. The molecule has 0 aliphatic carbocycles. The van der Waals surface area contributed by atoms with Gasteiger partial charge in [0.2, 0.25) is 0 Å². The Hall–Kier alpha value is -1.42. The lowest BCUT2D eigenvalue weighted by Crippen LogP contribution is -2.13. The van der Waals surface area contributed by atoms with Crippen molar-refractivity contribution in [2.24, 2.45) is 0 Å². The van der Waals surface area contributed by atoms with E-state index in [1.54, 1.807) is 24.4 Å². The molecule has 1 heterocycles. The van der Waals surface area contributed by atoms with Crippen LogP contribution in [-0.4, -0.2) is 15.9 Å². The minimum atomic E-state index is -1.28. The largest absolute Gasteiger partial charge is 0.380 e. The lowest BCUT2D eigenvalue weighted by Gasteiger charge is -2.10. The smallest absolute Gasteiger partial charge is 0.197 e. The monoisotopic (exact) mass is 281 g/mol. The van der Waals surface area contributed by atoms with Crippen molar-refractivity contribution in [3.8, 4) is 0 Å². The van der Waals surface area contributed by atoms with Gasteiger partial charge in [-0.25, -0.2) is 0 Å². The summed E-state index contributed by atoms with van der Waals surface area (Å²) in [7, 11) is 0. The van der Waals surface area contributed by atoms with Crippen molar-refractivity contribution in [2.75, 3.05) is 0 Å². The number of hydrogen-bond donors (Lipinski definition) is 1. The standard InChI is InChI=1S/C13H9Cl2NO2/c14-9-3-4-10(11(15)6-9)13(18)12(17)8-2-1-5-16-7-8/h1-7,12,17H. The molecule has 1 atom stereocenters. The van der Waals surface area contributed by atoms with Gasteiger partial charge in [0.15, 0.2) is 5.78 Å². The summed E-state index contributed by atoms with van der Waals surface area (Å²) in [5.74, 6) is -0.482. The number of aromatic nitrogens is 1. The molecule has 3 nitrogen and oxygen atoms in total. The van der Waals surface area contributed by atoms with Crippen LogP contribution in [0.3, 0.4) is 0 Å². The topological polar surface area (TPSA) is 50.2 Å². The second-order valence-corrected chi connectivity index (χ2v) is 4.52. The van der Waals surface area contributed by atoms with Gasteiger partial charge < -0.3 is 5.11 Å². The van der Waals surface area contributed by atoms with E-state index in [1.807, 2.05) is 0 Å². The minimum absolute atomic E-state index is 0.218. The van der Waals surface area contributed by atoms with E-state index in [1.165, 1.54) is 18.3 Å². The summed E-state index contributed by atoms with van der Waals surface area (Å²) >= 11 is 11.7. The number of aliphatic hydroxyl groups is 1. The molecule has 5 heteroatoms. The van der Waals surface area contributed by atoms with Gasteiger partial charge in [-0.05, 0) is 24.3 Å². The Labute approximate surface area is 114 Å². The summed E-state index contributed by atoms with van der Waals surface area (Å²) in [4.78, 5) is 15.9. The maximum atomic E-state index is 12.1. The fourth-order valence-corrected chi connectivity index (χ4v) is 2.03. The zero-order valence-electron chi connectivity index (χ0n) is 9.18. The van der Waals surface area contributed by atoms with Crippen molar-refractivity contribution in [3.05, 3.63) is 63.9 Å². The number of nitrogens with zero attached hydrogens (tertiary/aromatic N) is 1. The van der Waals surface area contributed by atoms with E-state index in [-0.39, 0.29) is 10.6 Å². The van der Waals surface area contributed by atoms with Gasteiger partial charge in [0.1, 0.15) is 6.10 Å². The average Bonchev–Trinajstić information content (AvgIpc) is 2.38. The molecule has 1 unspecified atom stereocenters. The fourth-order valence-electron chi connectivity index (χ4n) is 1.53. The summed E-state index contributed by atoms with van der Waals surface area (Å²) in [6.07, 6.45) is 1.72. The molecule has 18 heavy (non-hydrogen) atoms. The molecule has 1 aromatic carbocycles. The lowest BCUT2D eigenvalue weighted by atomic mass is 10.0. The summed E-state index contributed by atoms with van der Waals surface area (Å²) in [5, 5.41) is 10.6. The number of ketones is 1. The molecule has 0 aliphatic rings. The maximum absolute atomic E-state index is 12.1. The van der Waals surface area contributed by atoms with Crippen molar-refractivity contribution in [1.29, 1.82) is 0 Å². The van der Waals surface area contributed by atoms with Crippen LogP contribution in [0.5, 0.6) is 0 Å². The second kappa shape index (κ2) is 5.48. The zero-order chi connectivity index (χ0) is 13.1. The Bertz CT molecular complexity index is 572. The number of carbonyl (C=O) groups excluding carboxylic acids is 1. The molecular formula is C13H9Cl2NO2. The highest BCUT2D eigenvalue weighted by Gasteiger charge is 2.21. The molecule has 1 aromatic heterocycles. The number of pyridine rings is 1. The van der Waals surface area contributed by atoms with Gasteiger partial charge in [0, 0.05) is 28.5 Å². The van der Waals surface area contributed by atoms with Crippen LogP contribution in [-0.2, 0) is 0 Å². The Morgan fingerprint density at radius 3 is 2.67 bits per heavy atom. The van der Waals surface area contributed by atoms with E-state index in [4.69, 9.17) is 23.2 Å². The Morgan fingerprint density at radius 1 is 1.28 bits per heavy atom. The van der Waals surface area contributed by atoms with Crippen LogP contribution in [0.15, 0.2) is 42.7 Å². The molecular weight excluding hydrogens is 273 g/mol. The van der Waals surface area contributed by atoms with Gasteiger partial charge in [-0.15, -0.1) is 0 Å². The highest BCUT2D eigenvalue weighted by molar-refractivity contribution is 6.37. The maximum Gasteiger partial charge on any atom is 0.197 e. The third-order valence-corrected chi connectivity index (χ3v) is 2.99. The first kappa shape index (κ1) is 13.0. The van der Waals surface area contributed by atoms with Gasteiger partial charge in [-0.2, -0.15) is 0 Å². The highest BCUT2D eigenvalue weighted by Crippen LogP contribution is 2.25. The summed E-state index contributed by atoms with van der Waals surface area (Å²) in [5.41, 5.74) is 0.658. The SMILES string of the molecule is O=C(c1ccc(Cl)cc1Cl)C(O)c1cccnc1. The number of halogens is 2. The molecule has 0 amide bonds. The van der Waals surface area contributed by atoms with Crippen molar-refractivity contribution in [1.82, 2.24) is 4.98 Å². The predicted octanol–water partition coefficient (Wildman–Crippen LogP) is 3.30. The molecule has 0 saturated heterocycles. The van der Waals surface area contributed by atoms with Gasteiger partial charge in [-0.1, -0.05) is 29.3 Å². The average molecular weight is 282 g/mol. The third-order valence-electron chi connectivity index (χ3n) is 2.45. The third kappa shape index (κ3) is 2.70. The molecule has 0 aliphatic heterocycles. The first-order valence-corrected chi connectivity index (χ1v) is 5.92. The number of rotatable bonds is 3. The molecule has 1 N–H and O–H groups in total. The molecule has 0 radical (unpaired) electrons.